The van der Waals surface area contributed by atoms with Crippen LogP contribution >= 0.6 is 0 Å². The fourth-order valence-corrected chi connectivity index (χ4v) is 5.32. The maximum absolute atomic E-state index is 14.5. The van der Waals surface area contributed by atoms with Gasteiger partial charge in [-0.15, -0.1) is 5.73 Å². The molecule has 1 aromatic carbocycles. The summed E-state index contributed by atoms with van der Waals surface area (Å²) < 4.78 is 6.37. The molecule has 4 heteroatoms. The van der Waals surface area contributed by atoms with E-state index in [0.717, 1.165) is 36.2 Å². The van der Waals surface area contributed by atoms with Gasteiger partial charge in [0.15, 0.2) is 11.9 Å². The quantitative estimate of drug-likeness (QED) is 0.140. The van der Waals surface area contributed by atoms with Gasteiger partial charge in [0.05, 0.1) is 6.04 Å². The molecule has 1 amide bonds. The van der Waals surface area contributed by atoms with Gasteiger partial charge in [-0.3, -0.25) is 4.79 Å². The lowest BCUT2D eigenvalue weighted by Crippen LogP contribution is -2.53. The molecular weight excluding hydrogens is 504 g/mol. The zero-order chi connectivity index (χ0) is 29.9. The molecule has 0 spiro atoms. The molecule has 1 aromatic rings. The van der Waals surface area contributed by atoms with Gasteiger partial charge in [-0.1, -0.05) is 73.0 Å². The Morgan fingerprint density at radius 3 is 2.66 bits per heavy atom. The van der Waals surface area contributed by atoms with Crippen LogP contribution in [0, 0.1) is 0 Å². The van der Waals surface area contributed by atoms with E-state index in [0.29, 0.717) is 17.9 Å². The van der Waals surface area contributed by atoms with Gasteiger partial charge in [0.2, 0.25) is 0 Å². The number of carbonyl (C=O) groups excluding carboxylic acids is 1. The van der Waals surface area contributed by atoms with E-state index in [1.54, 1.807) is 0 Å². The monoisotopic (exact) mass is 548 g/mol. The highest BCUT2D eigenvalue weighted by molar-refractivity contribution is 5.86. The Labute approximate surface area is 246 Å². The number of rotatable bonds is 10. The third-order valence-electron chi connectivity index (χ3n) is 7.46. The Morgan fingerprint density at radius 2 is 2.02 bits per heavy atom. The van der Waals surface area contributed by atoms with E-state index in [1.165, 1.54) is 22.3 Å². The average molecular weight is 549 g/mol. The van der Waals surface area contributed by atoms with Crippen molar-refractivity contribution in [3.05, 3.63) is 136 Å². The largest absolute Gasteiger partial charge is 0.468 e. The van der Waals surface area contributed by atoms with E-state index in [1.807, 2.05) is 56.1 Å². The summed E-state index contributed by atoms with van der Waals surface area (Å²) in [6.45, 7) is 21.4. The van der Waals surface area contributed by atoms with E-state index < -0.39 is 6.10 Å². The highest BCUT2D eigenvalue weighted by Crippen LogP contribution is 2.38. The zero-order valence-electron chi connectivity index (χ0n) is 25.5. The van der Waals surface area contributed by atoms with Crippen LogP contribution in [-0.4, -0.2) is 36.0 Å². The highest BCUT2D eigenvalue weighted by atomic mass is 16.5. The van der Waals surface area contributed by atoms with E-state index in [-0.39, 0.29) is 11.9 Å². The second kappa shape index (κ2) is 15.0. The van der Waals surface area contributed by atoms with Crippen molar-refractivity contribution in [3.63, 3.8) is 0 Å². The molecule has 1 aliphatic heterocycles. The topological polar surface area (TPSA) is 41.6 Å². The van der Waals surface area contributed by atoms with E-state index in [2.05, 4.69) is 87.1 Å². The summed E-state index contributed by atoms with van der Waals surface area (Å²) in [7, 11) is 0. The van der Waals surface area contributed by atoms with Crippen molar-refractivity contribution in [2.45, 2.75) is 66.5 Å². The van der Waals surface area contributed by atoms with E-state index in [9.17, 15) is 4.79 Å². The molecule has 0 fully saturated rings. The molecule has 0 saturated heterocycles. The number of allylic oxidation sites excluding steroid dienone is 5. The fraction of sp³-hybridized carbons (Fsp3) is 0.324. The van der Waals surface area contributed by atoms with Gasteiger partial charge in [-0.25, -0.2) is 0 Å². The molecule has 0 bridgehead atoms. The Bertz CT molecular complexity index is 1430. The number of ether oxygens (including phenoxy) is 1. The van der Waals surface area contributed by atoms with Crippen molar-refractivity contribution in [1.82, 2.24) is 10.2 Å². The number of carbonyl (C=O) groups is 1. The second-order valence-corrected chi connectivity index (χ2v) is 10.3. The van der Waals surface area contributed by atoms with E-state index in [4.69, 9.17) is 4.74 Å². The van der Waals surface area contributed by atoms with Gasteiger partial charge in [-0.2, -0.15) is 0 Å². The predicted octanol–water partition coefficient (Wildman–Crippen LogP) is 7.92. The lowest BCUT2D eigenvalue weighted by Gasteiger charge is -2.43. The number of hydrogen-bond acceptors (Lipinski definition) is 3. The summed E-state index contributed by atoms with van der Waals surface area (Å²) in [5, 5.41) is 3.61. The Hall–Kier alpha value is -4.23. The zero-order valence-corrected chi connectivity index (χ0v) is 25.5. The molecule has 214 valence electrons. The molecule has 1 N–H and O–H groups in total. The molecule has 0 saturated carbocycles. The number of nitrogens with one attached hydrogen (secondary N) is 1. The first kappa shape index (κ1) is 31.3. The van der Waals surface area contributed by atoms with Crippen LogP contribution in [0.2, 0.25) is 0 Å². The lowest BCUT2D eigenvalue weighted by molar-refractivity contribution is -0.140. The van der Waals surface area contributed by atoms with Crippen molar-refractivity contribution >= 4 is 12.0 Å². The van der Waals surface area contributed by atoms with Crippen LogP contribution in [0.1, 0.15) is 59.1 Å². The maximum Gasteiger partial charge on any atom is 0.268 e. The third kappa shape index (κ3) is 7.30. The van der Waals surface area contributed by atoms with Gasteiger partial charge in [0.25, 0.3) is 5.91 Å². The summed E-state index contributed by atoms with van der Waals surface area (Å²) in [5.74, 6) is 0.285. The van der Waals surface area contributed by atoms with Gasteiger partial charge in [-0.05, 0) is 100 Å². The summed E-state index contributed by atoms with van der Waals surface area (Å²) in [4.78, 5) is 16.4. The minimum atomic E-state index is -0.886. The van der Waals surface area contributed by atoms with Crippen molar-refractivity contribution in [2.24, 2.45) is 0 Å². The van der Waals surface area contributed by atoms with Crippen LogP contribution in [0.5, 0.6) is 0 Å². The molecular formula is C37H44N2O2. The van der Waals surface area contributed by atoms with Gasteiger partial charge in [0.1, 0.15) is 0 Å². The molecule has 1 unspecified atom stereocenters. The molecule has 0 aromatic heterocycles. The highest BCUT2D eigenvalue weighted by Gasteiger charge is 2.40. The third-order valence-corrected chi connectivity index (χ3v) is 7.46. The molecule has 1 heterocycles. The summed E-state index contributed by atoms with van der Waals surface area (Å²) in [6.07, 6.45) is 14.5. The minimum absolute atomic E-state index is 0.124. The van der Waals surface area contributed by atoms with Crippen LogP contribution in [0.4, 0.5) is 0 Å². The van der Waals surface area contributed by atoms with Crippen molar-refractivity contribution in [2.75, 3.05) is 13.1 Å². The smallest absolute Gasteiger partial charge is 0.268 e. The molecule has 2 aliphatic rings. The summed E-state index contributed by atoms with van der Waals surface area (Å²) in [5.41, 5.74) is 14.5. The fourth-order valence-electron chi connectivity index (χ4n) is 5.32. The molecule has 2 atom stereocenters. The minimum Gasteiger partial charge on any atom is -0.468 e. The molecule has 41 heavy (non-hydrogen) atoms. The SMILES string of the molecule is C=C=C(OC(C(=C)C)C(=O)N1CCC(C)=C(NCC)[C@H]1C1=Cc2ccccc2C/C1=C\C)C(/C=C\C=C=CC)=C\C. The Kier molecular flexibility index (Phi) is 11.4. The van der Waals surface area contributed by atoms with Gasteiger partial charge < -0.3 is 15.0 Å². The summed E-state index contributed by atoms with van der Waals surface area (Å²) >= 11 is 0. The number of fused-ring (bicyclic) bond motifs is 1. The molecule has 1 aliphatic carbocycles. The van der Waals surface area contributed by atoms with E-state index >= 15 is 0 Å². The summed E-state index contributed by atoms with van der Waals surface area (Å²) in [6, 6.07) is 8.22. The predicted molar refractivity (Wildman–Crippen MR) is 172 cm³/mol. The molecule has 0 radical (unpaired) electrons. The maximum atomic E-state index is 14.5. The van der Waals surface area contributed by atoms with Crippen molar-refractivity contribution in [1.29, 1.82) is 0 Å². The Balaban J connectivity index is 2.08. The first-order valence-electron chi connectivity index (χ1n) is 14.4. The van der Waals surface area contributed by atoms with Crippen molar-refractivity contribution in [3.8, 4) is 0 Å². The van der Waals surface area contributed by atoms with Gasteiger partial charge in [0, 0.05) is 24.4 Å². The van der Waals surface area contributed by atoms with Crippen molar-refractivity contribution < 1.29 is 9.53 Å². The van der Waals surface area contributed by atoms with Crippen LogP contribution in [0.3, 0.4) is 0 Å². The molecule has 3 rings (SSSR count). The second-order valence-electron chi connectivity index (χ2n) is 10.3. The molecule has 4 nitrogen and oxygen atoms in total. The Morgan fingerprint density at radius 1 is 1.27 bits per heavy atom. The number of nitrogens with zero attached hydrogens (tertiary/aromatic N) is 1. The number of likely N-dealkylation sites (N-methyl/N-ethyl adjacent to an activating group) is 1. The number of amides is 1. The average Bonchev–Trinajstić information content (AvgIpc) is 2.98. The normalized spacial score (nSPS) is 18.6. The van der Waals surface area contributed by atoms with Gasteiger partial charge >= 0.3 is 0 Å². The number of benzene rings is 1. The van der Waals surface area contributed by atoms with Crippen LogP contribution in [0.15, 0.2) is 125 Å². The number of hydrogen-bond donors (Lipinski definition) is 1. The van der Waals surface area contributed by atoms with Crippen LogP contribution < -0.4 is 5.32 Å². The first-order valence-corrected chi connectivity index (χ1v) is 14.4. The standard InChI is InChI=1S/C37H44N2O2/c1-9-14-15-16-19-28(10-2)33(12-4)41-36(26(6)7)37(40)39-23-22-27(8)34(38-13-5)35(39)32-25-31-21-18-17-20-30(31)24-29(32)11-3/h9-11,15-21,25,35-36,38H,4,6,13,22-24H2,1-3,5,7-8H3/b19-16-,28-10-,29-11+/t14?,35-,36?/m1/s1. The first-order chi connectivity index (χ1) is 19.8. The van der Waals surface area contributed by atoms with Crippen LogP contribution in [-0.2, 0) is 16.0 Å². The van der Waals surface area contributed by atoms with Crippen LogP contribution in [0.25, 0.3) is 6.08 Å². The lowest BCUT2D eigenvalue weighted by atomic mass is 9.80.